The van der Waals surface area contributed by atoms with Gasteiger partial charge in [-0.15, -0.1) is 0 Å². The average molecular weight is 256 g/mol. The Kier molecular flexibility index (Phi) is 4.54. The van der Waals surface area contributed by atoms with Gasteiger partial charge in [-0.25, -0.2) is 0 Å². The molecule has 2 aliphatic heterocycles. The lowest BCUT2D eigenvalue weighted by molar-refractivity contribution is -0.136. The molecule has 0 bridgehead atoms. The van der Waals surface area contributed by atoms with Crippen LogP contribution in [0.3, 0.4) is 0 Å². The number of morpholine rings is 1. The summed E-state index contributed by atoms with van der Waals surface area (Å²) >= 11 is 0. The SMILES string of the molecule is O=C(CCN1CC(CO)CC1=O)N1CCOCC1. The molecular formula is C12H20N2O4. The third kappa shape index (κ3) is 3.20. The molecule has 1 N–H and O–H groups in total. The van der Waals surface area contributed by atoms with Gasteiger partial charge >= 0.3 is 0 Å². The van der Waals surface area contributed by atoms with Crippen molar-refractivity contribution in [1.82, 2.24) is 9.80 Å². The van der Waals surface area contributed by atoms with Crippen LogP contribution in [0, 0.1) is 5.92 Å². The fraction of sp³-hybridized carbons (Fsp3) is 0.833. The van der Waals surface area contributed by atoms with Crippen molar-refractivity contribution >= 4 is 11.8 Å². The molecule has 102 valence electrons. The zero-order chi connectivity index (χ0) is 13.0. The molecule has 0 radical (unpaired) electrons. The van der Waals surface area contributed by atoms with E-state index in [1.165, 1.54) is 0 Å². The smallest absolute Gasteiger partial charge is 0.224 e. The fourth-order valence-corrected chi connectivity index (χ4v) is 2.39. The predicted octanol–water partition coefficient (Wildman–Crippen LogP) is -0.924. The summed E-state index contributed by atoms with van der Waals surface area (Å²) in [5, 5.41) is 9.01. The van der Waals surface area contributed by atoms with Crippen LogP contribution in [0.15, 0.2) is 0 Å². The second-order valence-corrected chi connectivity index (χ2v) is 4.84. The standard InChI is InChI=1S/C12H20N2O4/c15-9-10-7-12(17)14(8-10)2-1-11(16)13-3-5-18-6-4-13/h10,15H,1-9H2. The maximum Gasteiger partial charge on any atom is 0.224 e. The molecule has 2 saturated heterocycles. The van der Waals surface area contributed by atoms with Crippen LogP contribution in [0.2, 0.25) is 0 Å². The first kappa shape index (κ1) is 13.3. The number of aliphatic hydroxyl groups excluding tert-OH is 1. The Morgan fingerprint density at radius 2 is 2.11 bits per heavy atom. The van der Waals surface area contributed by atoms with Crippen molar-refractivity contribution < 1.29 is 19.4 Å². The van der Waals surface area contributed by atoms with E-state index in [1.54, 1.807) is 9.80 Å². The van der Waals surface area contributed by atoms with Gasteiger partial charge in [-0.05, 0) is 0 Å². The van der Waals surface area contributed by atoms with E-state index < -0.39 is 0 Å². The van der Waals surface area contributed by atoms with E-state index in [1.807, 2.05) is 0 Å². The Morgan fingerprint density at radius 3 is 2.72 bits per heavy atom. The van der Waals surface area contributed by atoms with E-state index in [9.17, 15) is 9.59 Å². The summed E-state index contributed by atoms with van der Waals surface area (Å²) in [6.07, 6.45) is 0.770. The first-order valence-electron chi connectivity index (χ1n) is 6.45. The van der Waals surface area contributed by atoms with Gasteiger partial charge in [0.05, 0.1) is 13.2 Å². The van der Waals surface area contributed by atoms with Crippen molar-refractivity contribution in [1.29, 1.82) is 0 Å². The van der Waals surface area contributed by atoms with Crippen molar-refractivity contribution in [2.75, 3.05) is 46.0 Å². The second-order valence-electron chi connectivity index (χ2n) is 4.84. The van der Waals surface area contributed by atoms with E-state index in [2.05, 4.69) is 0 Å². The average Bonchev–Trinajstić information content (AvgIpc) is 2.77. The van der Waals surface area contributed by atoms with Crippen molar-refractivity contribution in [2.24, 2.45) is 5.92 Å². The Hall–Kier alpha value is -1.14. The maximum atomic E-state index is 11.9. The lowest BCUT2D eigenvalue weighted by atomic mass is 10.1. The minimum atomic E-state index is 0.0380. The minimum absolute atomic E-state index is 0.0380. The number of nitrogens with zero attached hydrogens (tertiary/aromatic N) is 2. The topological polar surface area (TPSA) is 70.1 Å². The molecule has 0 aromatic rings. The molecule has 0 aromatic heterocycles. The molecule has 0 aliphatic carbocycles. The minimum Gasteiger partial charge on any atom is -0.396 e. The summed E-state index contributed by atoms with van der Waals surface area (Å²) in [5.74, 6) is 0.165. The van der Waals surface area contributed by atoms with E-state index in [0.717, 1.165) is 0 Å². The number of carbonyl (C=O) groups excluding carboxylic acids is 2. The molecule has 0 spiro atoms. The van der Waals surface area contributed by atoms with Crippen molar-refractivity contribution in [3.63, 3.8) is 0 Å². The summed E-state index contributed by atoms with van der Waals surface area (Å²) in [6.45, 7) is 3.57. The Morgan fingerprint density at radius 1 is 1.39 bits per heavy atom. The Bertz CT molecular complexity index is 315. The lowest BCUT2D eigenvalue weighted by Crippen LogP contribution is -2.42. The number of rotatable bonds is 4. The third-order valence-corrected chi connectivity index (χ3v) is 3.51. The van der Waals surface area contributed by atoms with Crippen LogP contribution in [-0.2, 0) is 14.3 Å². The summed E-state index contributed by atoms with van der Waals surface area (Å²) in [7, 11) is 0. The Labute approximate surface area is 106 Å². The molecule has 2 rings (SSSR count). The number of hydrogen-bond donors (Lipinski definition) is 1. The Balaban J connectivity index is 1.74. The third-order valence-electron chi connectivity index (χ3n) is 3.51. The van der Waals surface area contributed by atoms with Crippen LogP contribution in [-0.4, -0.2) is 72.7 Å². The zero-order valence-electron chi connectivity index (χ0n) is 10.5. The van der Waals surface area contributed by atoms with E-state index in [-0.39, 0.29) is 24.3 Å². The van der Waals surface area contributed by atoms with Crippen LogP contribution < -0.4 is 0 Å². The van der Waals surface area contributed by atoms with Crippen LogP contribution >= 0.6 is 0 Å². The quantitative estimate of drug-likeness (QED) is 0.706. The van der Waals surface area contributed by atoms with Gasteiger partial charge in [0.15, 0.2) is 0 Å². The lowest BCUT2D eigenvalue weighted by Gasteiger charge is -2.27. The van der Waals surface area contributed by atoms with Crippen LogP contribution in [0.4, 0.5) is 0 Å². The van der Waals surface area contributed by atoms with Crippen molar-refractivity contribution in [3.8, 4) is 0 Å². The summed E-state index contributed by atoms with van der Waals surface area (Å²) in [5.41, 5.74) is 0. The summed E-state index contributed by atoms with van der Waals surface area (Å²) in [6, 6.07) is 0. The van der Waals surface area contributed by atoms with E-state index in [0.29, 0.717) is 52.2 Å². The molecule has 2 heterocycles. The normalized spacial score (nSPS) is 24.7. The highest BCUT2D eigenvalue weighted by molar-refractivity contribution is 5.80. The van der Waals surface area contributed by atoms with Gasteiger partial charge in [0, 0.05) is 51.5 Å². The molecule has 6 heteroatoms. The molecule has 0 saturated carbocycles. The molecule has 2 aliphatic rings. The first-order chi connectivity index (χ1) is 8.70. The van der Waals surface area contributed by atoms with Gasteiger partial charge in [0.25, 0.3) is 0 Å². The molecule has 1 unspecified atom stereocenters. The fourth-order valence-electron chi connectivity index (χ4n) is 2.39. The highest BCUT2D eigenvalue weighted by Crippen LogP contribution is 2.17. The van der Waals surface area contributed by atoms with Crippen LogP contribution in [0.5, 0.6) is 0 Å². The largest absolute Gasteiger partial charge is 0.396 e. The van der Waals surface area contributed by atoms with Crippen LogP contribution in [0.25, 0.3) is 0 Å². The van der Waals surface area contributed by atoms with Crippen LogP contribution in [0.1, 0.15) is 12.8 Å². The monoisotopic (exact) mass is 256 g/mol. The van der Waals surface area contributed by atoms with E-state index >= 15 is 0 Å². The predicted molar refractivity (Wildman–Crippen MR) is 63.8 cm³/mol. The van der Waals surface area contributed by atoms with Gasteiger partial charge < -0.3 is 19.6 Å². The maximum absolute atomic E-state index is 11.9. The molecule has 1 atom stereocenters. The number of amides is 2. The molecule has 2 fully saturated rings. The summed E-state index contributed by atoms with van der Waals surface area (Å²) in [4.78, 5) is 27.0. The highest BCUT2D eigenvalue weighted by atomic mass is 16.5. The number of aliphatic hydroxyl groups is 1. The first-order valence-corrected chi connectivity index (χ1v) is 6.45. The number of ether oxygens (including phenoxy) is 1. The van der Waals surface area contributed by atoms with Gasteiger partial charge in [-0.2, -0.15) is 0 Å². The van der Waals surface area contributed by atoms with Gasteiger partial charge in [0.2, 0.25) is 11.8 Å². The van der Waals surface area contributed by atoms with Crippen molar-refractivity contribution in [3.05, 3.63) is 0 Å². The number of hydrogen-bond acceptors (Lipinski definition) is 4. The van der Waals surface area contributed by atoms with E-state index in [4.69, 9.17) is 9.84 Å². The highest BCUT2D eigenvalue weighted by Gasteiger charge is 2.29. The van der Waals surface area contributed by atoms with Gasteiger partial charge in [0.1, 0.15) is 0 Å². The van der Waals surface area contributed by atoms with Gasteiger partial charge in [-0.1, -0.05) is 0 Å². The molecule has 2 amide bonds. The molecule has 6 nitrogen and oxygen atoms in total. The number of carbonyl (C=O) groups is 2. The molecule has 18 heavy (non-hydrogen) atoms. The number of likely N-dealkylation sites (tertiary alicyclic amines) is 1. The zero-order valence-corrected chi connectivity index (χ0v) is 10.5. The summed E-state index contributed by atoms with van der Waals surface area (Å²) < 4.78 is 5.19. The molecular weight excluding hydrogens is 236 g/mol. The van der Waals surface area contributed by atoms with Crippen molar-refractivity contribution in [2.45, 2.75) is 12.8 Å². The van der Waals surface area contributed by atoms with Gasteiger partial charge in [-0.3, -0.25) is 9.59 Å². The second kappa shape index (κ2) is 6.15. The molecule has 0 aromatic carbocycles.